The van der Waals surface area contributed by atoms with Crippen LogP contribution in [0.4, 0.5) is 0 Å². The lowest BCUT2D eigenvalue weighted by atomic mass is 9.89. The molecule has 6 heteroatoms. The number of carbonyl (C=O) groups excluding carboxylic acids is 1. The van der Waals surface area contributed by atoms with Crippen molar-refractivity contribution in [2.45, 2.75) is 32.1 Å². The predicted molar refractivity (Wildman–Crippen MR) is 82.5 cm³/mol. The normalized spacial score (nSPS) is 16.0. The lowest BCUT2D eigenvalue weighted by Crippen LogP contribution is -2.33. The number of amides is 1. The third-order valence-corrected chi connectivity index (χ3v) is 4.70. The monoisotopic (exact) mass is 305 g/mol. The second-order valence-electron chi connectivity index (χ2n) is 5.42. The molecule has 0 bridgehead atoms. The van der Waals surface area contributed by atoms with Crippen LogP contribution in [0.3, 0.4) is 0 Å². The first kappa shape index (κ1) is 14.3. The highest BCUT2D eigenvalue weighted by atomic mass is 32.1. The van der Waals surface area contributed by atoms with E-state index in [2.05, 4.69) is 15.3 Å². The Morgan fingerprint density at radius 2 is 2.19 bits per heavy atom. The average molecular weight is 305 g/mol. The summed E-state index contributed by atoms with van der Waals surface area (Å²) in [5, 5.41) is 5.76. The quantitative estimate of drug-likeness (QED) is 0.922. The third kappa shape index (κ3) is 3.69. The maximum Gasteiger partial charge on any atom is 0.258 e. The van der Waals surface area contributed by atoms with E-state index < -0.39 is 0 Å². The fraction of sp³-hybridized carbons (Fsp3) is 0.533. The molecule has 112 valence electrons. The van der Waals surface area contributed by atoms with E-state index in [0.29, 0.717) is 11.8 Å². The van der Waals surface area contributed by atoms with Crippen molar-refractivity contribution in [1.29, 1.82) is 0 Å². The van der Waals surface area contributed by atoms with E-state index in [1.54, 1.807) is 0 Å². The van der Waals surface area contributed by atoms with Crippen molar-refractivity contribution in [3.05, 3.63) is 17.8 Å². The second-order valence-corrected chi connectivity index (χ2v) is 6.31. The fourth-order valence-corrected chi connectivity index (χ4v) is 3.44. The topological polar surface area (TPSA) is 64.1 Å². The van der Waals surface area contributed by atoms with Gasteiger partial charge in [-0.1, -0.05) is 19.3 Å². The van der Waals surface area contributed by atoms with Gasteiger partial charge in [-0.25, -0.2) is 9.97 Å². The van der Waals surface area contributed by atoms with Crippen molar-refractivity contribution in [2.75, 3.05) is 13.2 Å². The van der Waals surface area contributed by atoms with Crippen LogP contribution in [0.1, 0.15) is 32.1 Å². The molecule has 1 N–H and O–H groups in total. The standard InChI is InChI=1S/C15H19N3O2S/c19-13(16-8-11-4-2-1-3-5-11)9-20-14-12-6-7-21-15(12)18-10-17-14/h6-7,10-11H,1-5,8-9H2,(H,16,19). The average Bonchev–Trinajstić information content (AvgIpc) is 3.01. The molecule has 2 aromatic heterocycles. The van der Waals surface area contributed by atoms with Gasteiger partial charge < -0.3 is 10.1 Å². The molecule has 0 saturated heterocycles. The SMILES string of the molecule is O=C(COc1ncnc2sccc12)NCC1CCCCC1. The van der Waals surface area contributed by atoms with Gasteiger partial charge in [0.2, 0.25) is 5.88 Å². The van der Waals surface area contributed by atoms with Gasteiger partial charge in [-0.2, -0.15) is 0 Å². The lowest BCUT2D eigenvalue weighted by Gasteiger charge is -2.21. The van der Waals surface area contributed by atoms with Crippen molar-refractivity contribution in [3.8, 4) is 5.88 Å². The Bertz CT molecular complexity index is 608. The smallest absolute Gasteiger partial charge is 0.258 e. The Hall–Kier alpha value is -1.69. The van der Waals surface area contributed by atoms with Gasteiger partial charge in [-0.05, 0) is 30.2 Å². The summed E-state index contributed by atoms with van der Waals surface area (Å²) in [6, 6.07) is 1.91. The molecule has 1 fully saturated rings. The first-order valence-electron chi connectivity index (χ1n) is 7.40. The van der Waals surface area contributed by atoms with Gasteiger partial charge in [0.15, 0.2) is 6.61 Å². The van der Waals surface area contributed by atoms with Gasteiger partial charge in [0.1, 0.15) is 11.2 Å². The molecule has 1 amide bonds. The molecule has 3 rings (SSSR count). The van der Waals surface area contributed by atoms with Crippen molar-refractivity contribution in [3.63, 3.8) is 0 Å². The highest BCUT2D eigenvalue weighted by molar-refractivity contribution is 7.16. The van der Waals surface area contributed by atoms with Crippen LogP contribution in [0.15, 0.2) is 17.8 Å². The fourth-order valence-electron chi connectivity index (χ4n) is 2.72. The molecule has 0 radical (unpaired) electrons. The summed E-state index contributed by atoms with van der Waals surface area (Å²) in [6.07, 6.45) is 7.82. The number of hydrogen-bond donors (Lipinski definition) is 1. The molecule has 1 aliphatic carbocycles. The van der Waals surface area contributed by atoms with Crippen LogP contribution in [0.2, 0.25) is 0 Å². The summed E-state index contributed by atoms with van der Waals surface area (Å²) in [4.78, 5) is 21.0. The van der Waals surface area contributed by atoms with E-state index in [-0.39, 0.29) is 12.5 Å². The minimum absolute atomic E-state index is 0.00861. The van der Waals surface area contributed by atoms with Gasteiger partial charge >= 0.3 is 0 Å². The number of rotatable bonds is 5. The summed E-state index contributed by atoms with van der Waals surface area (Å²) in [5.74, 6) is 1.03. The number of aromatic nitrogens is 2. The molecule has 2 aromatic rings. The minimum Gasteiger partial charge on any atom is -0.467 e. The van der Waals surface area contributed by atoms with Crippen molar-refractivity contribution in [1.82, 2.24) is 15.3 Å². The number of ether oxygens (including phenoxy) is 1. The van der Waals surface area contributed by atoms with Gasteiger partial charge in [-0.15, -0.1) is 11.3 Å². The second kappa shape index (κ2) is 6.85. The van der Waals surface area contributed by atoms with Crippen LogP contribution in [0, 0.1) is 5.92 Å². The molecule has 0 atom stereocenters. The van der Waals surface area contributed by atoms with Gasteiger partial charge in [0.25, 0.3) is 5.91 Å². The number of nitrogens with zero attached hydrogens (tertiary/aromatic N) is 2. The summed E-state index contributed by atoms with van der Waals surface area (Å²) in [7, 11) is 0. The molecule has 0 unspecified atom stereocenters. The summed E-state index contributed by atoms with van der Waals surface area (Å²) < 4.78 is 5.52. The lowest BCUT2D eigenvalue weighted by molar-refractivity contribution is -0.123. The van der Waals surface area contributed by atoms with Gasteiger partial charge in [0, 0.05) is 6.54 Å². The van der Waals surface area contributed by atoms with Gasteiger partial charge in [-0.3, -0.25) is 4.79 Å². The number of fused-ring (bicyclic) bond motifs is 1. The summed E-state index contributed by atoms with van der Waals surface area (Å²) >= 11 is 1.53. The van der Waals surface area contributed by atoms with Crippen molar-refractivity contribution >= 4 is 27.5 Å². The molecule has 5 nitrogen and oxygen atoms in total. The zero-order valence-corrected chi connectivity index (χ0v) is 12.7. The Kier molecular flexibility index (Phi) is 4.65. The van der Waals surface area contributed by atoms with Crippen LogP contribution < -0.4 is 10.1 Å². The maximum absolute atomic E-state index is 11.9. The maximum atomic E-state index is 11.9. The van der Waals surface area contributed by atoms with E-state index in [9.17, 15) is 4.79 Å². The molecule has 0 spiro atoms. The Balaban J connectivity index is 1.48. The van der Waals surface area contributed by atoms with E-state index in [1.165, 1.54) is 49.8 Å². The van der Waals surface area contributed by atoms with Crippen LogP contribution >= 0.6 is 11.3 Å². The predicted octanol–water partition coefficient (Wildman–Crippen LogP) is 2.77. The van der Waals surface area contributed by atoms with E-state index in [4.69, 9.17) is 4.74 Å². The first-order chi connectivity index (χ1) is 10.3. The summed E-state index contributed by atoms with van der Waals surface area (Å²) in [5.41, 5.74) is 0. The first-order valence-corrected chi connectivity index (χ1v) is 8.28. The van der Waals surface area contributed by atoms with Crippen LogP contribution in [0.25, 0.3) is 10.2 Å². The summed E-state index contributed by atoms with van der Waals surface area (Å²) in [6.45, 7) is 0.772. The van der Waals surface area contributed by atoms with E-state index in [1.807, 2.05) is 11.4 Å². The van der Waals surface area contributed by atoms with Crippen molar-refractivity contribution < 1.29 is 9.53 Å². The molecule has 1 saturated carbocycles. The molecular formula is C15H19N3O2S. The Labute approximate surface area is 127 Å². The van der Waals surface area contributed by atoms with Crippen LogP contribution in [-0.4, -0.2) is 29.0 Å². The minimum atomic E-state index is -0.0810. The molecule has 1 aliphatic rings. The van der Waals surface area contributed by atoms with Crippen LogP contribution in [0.5, 0.6) is 5.88 Å². The number of nitrogens with one attached hydrogen (secondary N) is 1. The highest BCUT2D eigenvalue weighted by Gasteiger charge is 2.15. The number of carbonyl (C=O) groups is 1. The Morgan fingerprint density at radius 1 is 1.33 bits per heavy atom. The van der Waals surface area contributed by atoms with Crippen LogP contribution in [-0.2, 0) is 4.79 Å². The van der Waals surface area contributed by atoms with Gasteiger partial charge in [0.05, 0.1) is 5.39 Å². The zero-order chi connectivity index (χ0) is 14.5. The largest absolute Gasteiger partial charge is 0.467 e. The molecule has 2 heterocycles. The molecule has 21 heavy (non-hydrogen) atoms. The third-order valence-electron chi connectivity index (χ3n) is 3.88. The van der Waals surface area contributed by atoms with Crippen molar-refractivity contribution in [2.24, 2.45) is 5.92 Å². The molecular weight excluding hydrogens is 286 g/mol. The molecule has 0 aliphatic heterocycles. The molecule has 0 aromatic carbocycles. The number of thiophene rings is 1. The number of hydrogen-bond acceptors (Lipinski definition) is 5. The van der Waals surface area contributed by atoms with E-state index in [0.717, 1.165) is 16.8 Å². The van der Waals surface area contributed by atoms with E-state index >= 15 is 0 Å². The highest BCUT2D eigenvalue weighted by Crippen LogP contribution is 2.25. The Morgan fingerprint density at radius 3 is 3.05 bits per heavy atom. The zero-order valence-electron chi connectivity index (χ0n) is 11.9.